The van der Waals surface area contributed by atoms with Crippen LogP contribution in [0.1, 0.15) is 29.5 Å². The van der Waals surface area contributed by atoms with Crippen LogP contribution in [0.15, 0.2) is 10.5 Å². The van der Waals surface area contributed by atoms with E-state index in [1.54, 1.807) is 13.0 Å². The third-order valence-electron chi connectivity index (χ3n) is 3.53. The van der Waals surface area contributed by atoms with E-state index in [-0.39, 0.29) is 24.8 Å². The quantitative estimate of drug-likeness (QED) is 0.903. The van der Waals surface area contributed by atoms with Gasteiger partial charge in [0.1, 0.15) is 11.5 Å². The van der Waals surface area contributed by atoms with E-state index in [2.05, 4.69) is 5.32 Å². The Labute approximate surface area is 135 Å². The maximum Gasteiger partial charge on any atom is 0.391 e. The van der Waals surface area contributed by atoms with Gasteiger partial charge in [0.25, 0.3) is 0 Å². The summed E-state index contributed by atoms with van der Waals surface area (Å²) in [7, 11) is 0. The first-order chi connectivity index (χ1) is 8.87. The summed E-state index contributed by atoms with van der Waals surface area (Å²) in [6.45, 7) is 6.28. The second-order valence-electron chi connectivity index (χ2n) is 5.01. The number of halogens is 5. The van der Waals surface area contributed by atoms with Gasteiger partial charge >= 0.3 is 6.18 Å². The molecule has 0 saturated carbocycles. The van der Waals surface area contributed by atoms with Crippen LogP contribution in [0.25, 0.3) is 0 Å². The van der Waals surface area contributed by atoms with Crippen LogP contribution in [-0.4, -0.2) is 37.3 Å². The number of piperazine rings is 1. The van der Waals surface area contributed by atoms with E-state index in [0.717, 1.165) is 5.56 Å². The molecular formula is C13H21Cl2F3N2O. The average Bonchev–Trinajstić information content (AvgIpc) is 2.66. The monoisotopic (exact) mass is 348 g/mol. The molecule has 0 radical (unpaired) electrons. The fourth-order valence-corrected chi connectivity index (χ4v) is 2.39. The molecule has 0 amide bonds. The van der Waals surface area contributed by atoms with Crippen LogP contribution >= 0.6 is 24.8 Å². The molecule has 2 rings (SSSR count). The Morgan fingerprint density at radius 3 is 2.24 bits per heavy atom. The van der Waals surface area contributed by atoms with Gasteiger partial charge in [-0.15, -0.1) is 24.8 Å². The highest BCUT2D eigenvalue weighted by molar-refractivity contribution is 5.85. The average molecular weight is 349 g/mol. The predicted molar refractivity (Wildman–Crippen MR) is 80.5 cm³/mol. The summed E-state index contributed by atoms with van der Waals surface area (Å²) >= 11 is 0. The van der Waals surface area contributed by atoms with Crippen molar-refractivity contribution in [3.63, 3.8) is 0 Å². The first kappa shape index (κ1) is 20.6. The van der Waals surface area contributed by atoms with Gasteiger partial charge in [-0.2, -0.15) is 13.2 Å². The Bertz CT molecular complexity index is 412. The SMILES string of the molecule is Cc1cc([C@H](CC(F)(F)F)N2CCNCC2)oc1C.Cl.Cl. The summed E-state index contributed by atoms with van der Waals surface area (Å²) in [4.78, 5) is 1.85. The van der Waals surface area contributed by atoms with E-state index in [4.69, 9.17) is 4.42 Å². The predicted octanol–water partition coefficient (Wildman–Crippen LogP) is 3.64. The highest BCUT2D eigenvalue weighted by Gasteiger charge is 2.37. The van der Waals surface area contributed by atoms with Crippen molar-refractivity contribution < 1.29 is 17.6 Å². The molecule has 1 fully saturated rings. The minimum atomic E-state index is -4.19. The number of nitrogens with zero attached hydrogens (tertiary/aromatic N) is 1. The lowest BCUT2D eigenvalue weighted by Gasteiger charge is -2.34. The van der Waals surface area contributed by atoms with Gasteiger partial charge in [-0.3, -0.25) is 4.90 Å². The Hall–Kier alpha value is -0.430. The maximum absolute atomic E-state index is 12.8. The maximum atomic E-state index is 12.8. The topological polar surface area (TPSA) is 28.4 Å². The Balaban J connectivity index is 0.00000200. The van der Waals surface area contributed by atoms with Crippen LogP contribution in [0.4, 0.5) is 13.2 Å². The Kier molecular flexibility index (Phi) is 8.10. The van der Waals surface area contributed by atoms with Gasteiger partial charge in [0.05, 0.1) is 12.5 Å². The first-order valence-electron chi connectivity index (χ1n) is 6.45. The molecule has 1 aliphatic heterocycles. The minimum absolute atomic E-state index is 0. The Morgan fingerprint density at radius 1 is 1.24 bits per heavy atom. The zero-order valence-electron chi connectivity index (χ0n) is 12.0. The summed E-state index contributed by atoms with van der Waals surface area (Å²) in [6, 6.07) is 1.02. The molecule has 1 aromatic rings. The van der Waals surface area contributed by atoms with E-state index in [9.17, 15) is 13.2 Å². The van der Waals surface area contributed by atoms with Gasteiger partial charge in [-0.1, -0.05) is 0 Å². The van der Waals surface area contributed by atoms with Gasteiger partial charge in [-0.05, 0) is 25.5 Å². The van der Waals surface area contributed by atoms with Crippen molar-refractivity contribution in [1.29, 1.82) is 0 Å². The highest BCUT2D eigenvalue weighted by atomic mass is 35.5. The second-order valence-corrected chi connectivity index (χ2v) is 5.01. The molecule has 0 aromatic carbocycles. The molecule has 1 aromatic heterocycles. The standard InChI is InChI=1S/C13H19F3N2O.2ClH/c1-9-7-12(19-10(9)2)11(8-13(14,15)16)18-5-3-17-4-6-18;;/h7,11,17H,3-6,8H2,1-2H3;2*1H/t11-;;/m0../s1. The smallest absolute Gasteiger partial charge is 0.391 e. The molecule has 1 N–H and O–H groups in total. The van der Waals surface area contributed by atoms with E-state index in [1.165, 1.54) is 0 Å². The number of nitrogens with one attached hydrogen (secondary N) is 1. The molecule has 1 aliphatic rings. The van der Waals surface area contributed by atoms with Crippen molar-refractivity contribution in [3.05, 3.63) is 23.2 Å². The van der Waals surface area contributed by atoms with Gasteiger partial charge in [0, 0.05) is 26.2 Å². The van der Waals surface area contributed by atoms with Crippen LogP contribution < -0.4 is 5.32 Å². The third kappa shape index (κ3) is 5.70. The molecular weight excluding hydrogens is 328 g/mol. The van der Waals surface area contributed by atoms with Gasteiger partial charge in [0.15, 0.2) is 0 Å². The van der Waals surface area contributed by atoms with Crippen LogP contribution in [0.5, 0.6) is 0 Å². The van der Waals surface area contributed by atoms with Crippen molar-refractivity contribution in [1.82, 2.24) is 10.2 Å². The summed E-state index contributed by atoms with van der Waals surface area (Å²) in [5, 5.41) is 3.15. The number of rotatable bonds is 3. The zero-order valence-corrected chi connectivity index (χ0v) is 13.6. The number of hydrogen-bond acceptors (Lipinski definition) is 3. The molecule has 1 atom stereocenters. The van der Waals surface area contributed by atoms with Crippen LogP contribution in [0.3, 0.4) is 0 Å². The largest absolute Gasteiger partial charge is 0.464 e. The van der Waals surface area contributed by atoms with Crippen LogP contribution in [0, 0.1) is 13.8 Å². The molecule has 8 heteroatoms. The minimum Gasteiger partial charge on any atom is -0.464 e. The van der Waals surface area contributed by atoms with E-state index < -0.39 is 18.6 Å². The molecule has 21 heavy (non-hydrogen) atoms. The summed E-state index contributed by atoms with van der Waals surface area (Å²) < 4.78 is 43.8. The third-order valence-corrected chi connectivity index (χ3v) is 3.53. The van der Waals surface area contributed by atoms with Gasteiger partial charge in [-0.25, -0.2) is 0 Å². The van der Waals surface area contributed by atoms with Gasteiger partial charge in [0.2, 0.25) is 0 Å². The van der Waals surface area contributed by atoms with Crippen molar-refractivity contribution in [2.24, 2.45) is 0 Å². The zero-order chi connectivity index (χ0) is 14.0. The highest BCUT2D eigenvalue weighted by Crippen LogP contribution is 2.35. The molecule has 0 aliphatic carbocycles. The number of alkyl halides is 3. The van der Waals surface area contributed by atoms with Gasteiger partial charge < -0.3 is 9.73 Å². The number of furan rings is 1. The first-order valence-corrected chi connectivity index (χ1v) is 6.45. The van der Waals surface area contributed by atoms with Crippen molar-refractivity contribution >= 4 is 24.8 Å². The molecule has 3 nitrogen and oxygen atoms in total. The summed E-state index contributed by atoms with van der Waals surface area (Å²) in [6.07, 6.45) is -5.05. The summed E-state index contributed by atoms with van der Waals surface area (Å²) in [5.41, 5.74) is 0.900. The Morgan fingerprint density at radius 2 is 1.81 bits per heavy atom. The fraction of sp³-hybridized carbons (Fsp3) is 0.692. The molecule has 0 bridgehead atoms. The second kappa shape index (κ2) is 8.27. The number of aryl methyl sites for hydroxylation is 2. The molecule has 124 valence electrons. The number of hydrogen-bond donors (Lipinski definition) is 1. The van der Waals surface area contributed by atoms with E-state index >= 15 is 0 Å². The lowest BCUT2D eigenvalue weighted by molar-refractivity contribution is -0.150. The van der Waals surface area contributed by atoms with Crippen LogP contribution in [0.2, 0.25) is 0 Å². The molecule has 2 heterocycles. The van der Waals surface area contributed by atoms with Crippen molar-refractivity contribution in [2.45, 2.75) is 32.5 Å². The van der Waals surface area contributed by atoms with Crippen LogP contribution in [-0.2, 0) is 0 Å². The van der Waals surface area contributed by atoms with Crippen molar-refractivity contribution in [3.8, 4) is 0 Å². The normalized spacial score (nSPS) is 17.8. The lowest BCUT2D eigenvalue weighted by atomic mass is 10.1. The molecule has 0 spiro atoms. The molecule has 1 saturated heterocycles. The summed E-state index contributed by atoms with van der Waals surface area (Å²) in [5.74, 6) is 1.12. The lowest BCUT2D eigenvalue weighted by Crippen LogP contribution is -2.46. The molecule has 0 unspecified atom stereocenters. The van der Waals surface area contributed by atoms with E-state index in [1.807, 2.05) is 11.8 Å². The van der Waals surface area contributed by atoms with E-state index in [0.29, 0.717) is 37.7 Å². The fourth-order valence-electron chi connectivity index (χ4n) is 2.39. The van der Waals surface area contributed by atoms with Crippen molar-refractivity contribution in [2.75, 3.05) is 26.2 Å².